The summed E-state index contributed by atoms with van der Waals surface area (Å²) in [5.74, 6) is -0.187. The van der Waals surface area contributed by atoms with Crippen molar-refractivity contribution in [2.24, 2.45) is 5.92 Å². The van der Waals surface area contributed by atoms with Crippen molar-refractivity contribution in [3.63, 3.8) is 0 Å². The summed E-state index contributed by atoms with van der Waals surface area (Å²) < 4.78 is 1.65. The third-order valence-corrected chi connectivity index (χ3v) is 2.99. The third kappa shape index (κ3) is 2.52. The number of carbonyl (C=O) groups is 1. The van der Waals surface area contributed by atoms with Gasteiger partial charge < -0.3 is 5.32 Å². The number of H-pyrrole nitrogens is 1. The molecule has 0 unspecified atom stereocenters. The molecule has 2 aromatic heterocycles. The minimum absolute atomic E-state index is 0.0804. The van der Waals surface area contributed by atoms with E-state index in [0.717, 1.165) is 11.4 Å². The number of amides is 1. The van der Waals surface area contributed by atoms with E-state index in [2.05, 4.69) is 15.4 Å². The first-order valence-electron chi connectivity index (χ1n) is 6.25. The Labute approximate surface area is 110 Å². The van der Waals surface area contributed by atoms with Crippen LogP contribution in [0.5, 0.6) is 0 Å². The van der Waals surface area contributed by atoms with Gasteiger partial charge in [-0.05, 0) is 19.9 Å². The van der Waals surface area contributed by atoms with Crippen molar-refractivity contribution in [1.29, 1.82) is 0 Å². The van der Waals surface area contributed by atoms with Crippen LogP contribution < -0.4 is 10.9 Å². The molecule has 1 amide bonds. The van der Waals surface area contributed by atoms with Crippen molar-refractivity contribution in [2.45, 2.75) is 34.2 Å². The van der Waals surface area contributed by atoms with E-state index < -0.39 is 0 Å². The highest BCUT2D eigenvalue weighted by molar-refractivity contribution is 5.78. The Bertz CT molecular complexity index is 682. The van der Waals surface area contributed by atoms with E-state index in [4.69, 9.17) is 0 Å². The van der Waals surface area contributed by atoms with Gasteiger partial charge in [0.05, 0.1) is 12.1 Å². The van der Waals surface area contributed by atoms with Gasteiger partial charge in [-0.15, -0.1) is 0 Å². The van der Waals surface area contributed by atoms with E-state index in [1.54, 1.807) is 4.52 Å². The van der Waals surface area contributed by atoms with Crippen LogP contribution in [0.2, 0.25) is 0 Å². The average molecular weight is 262 g/mol. The van der Waals surface area contributed by atoms with Gasteiger partial charge in [0.25, 0.3) is 5.56 Å². The Balaban J connectivity index is 2.41. The van der Waals surface area contributed by atoms with E-state index in [0.29, 0.717) is 11.2 Å². The maximum absolute atomic E-state index is 11.9. The van der Waals surface area contributed by atoms with Crippen molar-refractivity contribution < 1.29 is 4.79 Å². The monoisotopic (exact) mass is 262 g/mol. The van der Waals surface area contributed by atoms with Crippen LogP contribution in [0.3, 0.4) is 0 Å². The second kappa shape index (κ2) is 4.87. The highest BCUT2D eigenvalue weighted by atomic mass is 16.2. The van der Waals surface area contributed by atoms with E-state index in [9.17, 15) is 9.59 Å². The molecule has 0 radical (unpaired) electrons. The van der Waals surface area contributed by atoms with Gasteiger partial charge in [-0.3, -0.25) is 14.7 Å². The fourth-order valence-corrected chi connectivity index (χ4v) is 1.94. The van der Waals surface area contributed by atoms with Crippen molar-refractivity contribution in [3.05, 3.63) is 33.4 Å². The maximum Gasteiger partial charge on any atom is 0.271 e. The number of hydrogen-bond acceptors (Lipinski definition) is 3. The number of hydrogen-bond donors (Lipinski definition) is 2. The Morgan fingerprint density at radius 2 is 2.16 bits per heavy atom. The molecule has 0 aliphatic rings. The summed E-state index contributed by atoms with van der Waals surface area (Å²) in [5.41, 5.74) is 2.59. The van der Waals surface area contributed by atoms with Crippen LogP contribution in [0.1, 0.15) is 30.8 Å². The molecule has 2 rings (SSSR count). The molecule has 0 aromatic carbocycles. The fraction of sp³-hybridized carbons (Fsp3) is 0.462. The van der Waals surface area contributed by atoms with Crippen LogP contribution in [0.25, 0.3) is 5.65 Å². The lowest BCUT2D eigenvalue weighted by Gasteiger charge is -2.06. The van der Waals surface area contributed by atoms with Crippen LogP contribution in [-0.2, 0) is 11.3 Å². The molecule has 2 aromatic rings. The number of rotatable bonds is 3. The minimum Gasteiger partial charge on any atom is -0.351 e. The van der Waals surface area contributed by atoms with Crippen LogP contribution in [0, 0.1) is 19.8 Å². The van der Waals surface area contributed by atoms with Gasteiger partial charge in [0.1, 0.15) is 0 Å². The summed E-state index contributed by atoms with van der Waals surface area (Å²) in [7, 11) is 0. The number of nitrogens with one attached hydrogen (secondary N) is 2. The predicted molar refractivity (Wildman–Crippen MR) is 72.0 cm³/mol. The van der Waals surface area contributed by atoms with Crippen LogP contribution in [0.15, 0.2) is 10.9 Å². The number of aryl methyl sites for hydroxylation is 2. The smallest absolute Gasteiger partial charge is 0.271 e. The highest BCUT2D eigenvalue weighted by Gasteiger charge is 2.14. The molecule has 0 fully saturated rings. The molecule has 0 bridgehead atoms. The second-order valence-corrected chi connectivity index (χ2v) is 4.99. The van der Waals surface area contributed by atoms with E-state index in [-0.39, 0.29) is 23.9 Å². The van der Waals surface area contributed by atoms with Crippen molar-refractivity contribution in [3.8, 4) is 0 Å². The molecule has 6 nitrogen and oxygen atoms in total. The van der Waals surface area contributed by atoms with Gasteiger partial charge >= 0.3 is 0 Å². The highest BCUT2D eigenvalue weighted by Crippen LogP contribution is 2.08. The van der Waals surface area contributed by atoms with Crippen molar-refractivity contribution >= 4 is 11.6 Å². The zero-order valence-electron chi connectivity index (χ0n) is 11.6. The minimum atomic E-state index is -0.217. The Morgan fingerprint density at radius 1 is 1.47 bits per heavy atom. The molecule has 0 spiro atoms. The van der Waals surface area contributed by atoms with Crippen LogP contribution in [0.4, 0.5) is 0 Å². The van der Waals surface area contributed by atoms with Gasteiger partial charge in [-0.25, -0.2) is 9.50 Å². The molecule has 2 N–H and O–H groups in total. The van der Waals surface area contributed by atoms with Crippen LogP contribution >= 0.6 is 0 Å². The van der Waals surface area contributed by atoms with Gasteiger partial charge in [0, 0.05) is 17.3 Å². The standard InChI is InChI=1S/C13H18N4O2/c1-7(2)12(18)14-6-10-11-15-8(3)5-9(4)17(11)16-13(10)19/h5,7H,6H2,1-4H3,(H,14,18)(H,16,19). The lowest BCUT2D eigenvalue weighted by Crippen LogP contribution is -2.29. The zero-order chi connectivity index (χ0) is 14.2. The largest absolute Gasteiger partial charge is 0.351 e. The first-order valence-corrected chi connectivity index (χ1v) is 6.25. The molecule has 0 saturated carbocycles. The Kier molecular flexibility index (Phi) is 3.42. The number of aromatic amines is 1. The molecular weight excluding hydrogens is 244 g/mol. The van der Waals surface area contributed by atoms with E-state index in [1.165, 1.54) is 0 Å². The quantitative estimate of drug-likeness (QED) is 0.863. The number of fused-ring (bicyclic) bond motifs is 1. The van der Waals surface area contributed by atoms with E-state index in [1.807, 2.05) is 33.8 Å². The maximum atomic E-state index is 11.9. The fourth-order valence-electron chi connectivity index (χ4n) is 1.94. The number of nitrogens with zero attached hydrogens (tertiary/aromatic N) is 2. The first kappa shape index (κ1) is 13.3. The van der Waals surface area contributed by atoms with Gasteiger partial charge in [-0.1, -0.05) is 13.8 Å². The molecule has 0 saturated heterocycles. The van der Waals surface area contributed by atoms with Crippen molar-refractivity contribution in [1.82, 2.24) is 19.9 Å². The molecule has 0 aliphatic heterocycles. The number of carbonyl (C=O) groups excluding carboxylic acids is 1. The predicted octanol–water partition coefficient (Wildman–Crippen LogP) is 0.912. The molecule has 19 heavy (non-hydrogen) atoms. The molecule has 0 aliphatic carbocycles. The lowest BCUT2D eigenvalue weighted by atomic mass is 10.2. The Hall–Kier alpha value is -2.11. The molecule has 0 atom stereocenters. The normalized spacial score (nSPS) is 11.2. The van der Waals surface area contributed by atoms with Gasteiger partial charge in [0.2, 0.25) is 5.91 Å². The van der Waals surface area contributed by atoms with Crippen LogP contribution in [-0.4, -0.2) is 20.5 Å². The summed E-state index contributed by atoms with van der Waals surface area (Å²) in [6.07, 6.45) is 0. The summed E-state index contributed by atoms with van der Waals surface area (Å²) in [6, 6.07) is 1.89. The molecule has 102 valence electrons. The molecule has 2 heterocycles. The average Bonchev–Trinajstić information content (AvgIpc) is 2.63. The SMILES string of the molecule is Cc1cc(C)n2[nH]c(=O)c(CNC(=O)C(C)C)c2n1. The molecule has 6 heteroatoms. The van der Waals surface area contributed by atoms with E-state index >= 15 is 0 Å². The lowest BCUT2D eigenvalue weighted by molar-refractivity contribution is -0.124. The summed E-state index contributed by atoms with van der Waals surface area (Å²) >= 11 is 0. The first-order chi connectivity index (χ1) is 8.90. The van der Waals surface area contributed by atoms with Crippen molar-refractivity contribution in [2.75, 3.05) is 0 Å². The summed E-state index contributed by atoms with van der Waals surface area (Å²) in [5, 5.41) is 5.47. The van der Waals surface area contributed by atoms with Gasteiger partial charge in [0.15, 0.2) is 5.65 Å². The summed E-state index contributed by atoms with van der Waals surface area (Å²) in [4.78, 5) is 27.8. The molecular formula is C13H18N4O2. The second-order valence-electron chi connectivity index (χ2n) is 4.99. The zero-order valence-corrected chi connectivity index (χ0v) is 11.6. The number of aromatic nitrogens is 3. The van der Waals surface area contributed by atoms with Gasteiger partial charge in [-0.2, -0.15) is 0 Å². The summed E-state index contributed by atoms with van der Waals surface area (Å²) in [6.45, 7) is 7.59. The topological polar surface area (TPSA) is 79.3 Å². The Morgan fingerprint density at radius 3 is 2.79 bits per heavy atom. The third-order valence-electron chi connectivity index (χ3n) is 2.99.